The van der Waals surface area contributed by atoms with Gasteiger partial charge in [0.05, 0.1) is 6.04 Å². The molecule has 1 aromatic rings. The van der Waals surface area contributed by atoms with Gasteiger partial charge >= 0.3 is 0 Å². The quantitative estimate of drug-likeness (QED) is 0.811. The summed E-state index contributed by atoms with van der Waals surface area (Å²) in [6.45, 7) is 8.12. The average molecular weight is 228 g/mol. The van der Waals surface area contributed by atoms with Crippen LogP contribution in [0.15, 0.2) is 5.38 Å². The molecule has 0 aromatic carbocycles. The molecule has 1 heterocycles. The SMILES string of the molecule is COCC(C)CNC(C)c1nc(C)cs1. The molecule has 86 valence electrons. The molecule has 0 saturated heterocycles. The summed E-state index contributed by atoms with van der Waals surface area (Å²) in [5.74, 6) is 0.540. The Morgan fingerprint density at radius 2 is 2.27 bits per heavy atom. The van der Waals surface area contributed by atoms with Crippen LogP contribution in [0.4, 0.5) is 0 Å². The minimum absolute atomic E-state index is 0.336. The van der Waals surface area contributed by atoms with E-state index in [1.54, 1.807) is 18.4 Å². The number of thiazole rings is 1. The Kier molecular flexibility index (Phi) is 5.22. The first-order chi connectivity index (χ1) is 7.13. The third-order valence-electron chi connectivity index (χ3n) is 2.23. The van der Waals surface area contributed by atoms with Crippen molar-refractivity contribution in [3.05, 3.63) is 16.1 Å². The smallest absolute Gasteiger partial charge is 0.110 e. The van der Waals surface area contributed by atoms with E-state index in [1.165, 1.54) is 0 Å². The number of aryl methyl sites for hydroxylation is 1. The van der Waals surface area contributed by atoms with Gasteiger partial charge in [-0.25, -0.2) is 4.98 Å². The van der Waals surface area contributed by atoms with E-state index in [4.69, 9.17) is 4.74 Å². The maximum absolute atomic E-state index is 5.09. The second-order valence-electron chi connectivity index (χ2n) is 4.02. The average Bonchev–Trinajstić information content (AvgIpc) is 2.62. The first kappa shape index (κ1) is 12.6. The molecule has 2 atom stereocenters. The van der Waals surface area contributed by atoms with E-state index in [0.717, 1.165) is 23.9 Å². The third-order valence-corrected chi connectivity index (χ3v) is 3.38. The van der Waals surface area contributed by atoms with Crippen LogP contribution in [-0.4, -0.2) is 25.2 Å². The zero-order valence-corrected chi connectivity index (χ0v) is 10.7. The zero-order valence-electron chi connectivity index (χ0n) is 9.91. The normalized spacial score (nSPS) is 15.2. The standard InChI is InChI=1S/C11H20N2OS/c1-8(6-14-4)5-12-10(3)11-13-9(2)7-15-11/h7-8,10,12H,5-6H2,1-4H3. The van der Waals surface area contributed by atoms with Crippen LogP contribution in [0.1, 0.15) is 30.6 Å². The van der Waals surface area contributed by atoms with Crippen molar-refractivity contribution in [1.82, 2.24) is 10.3 Å². The first-order valence-electron chi connectivity index (χ1n) is 5.27. The molecule has 0 amide bonds. The Balaban J connectivity index is 2.33. The van der Waals surface area contributed by atoms with Crippen LogP contribution in [-0.2, 0) is 4.74 Å². The summed E-state index contributed by atoms with van der Waals surface area (Å²) in [5, 5.41) is 6.72. The van der Waals surface area contributed by atoms with Crippen molar-refractivity contribution in [1.29, 1.82) is 0 Å². The summed E-state index contributed by atoms with van der Waals surface area (Å²) in [6.07, 6.45) is 0. The molecule has 1 rings (SSSR count). The molecule has 1 N–H and O–H groups in total. The van der Waals surface area contributed by atoms with Gasteiger partial charge in [0, 0.05) is 31.3 Å². The van der Waals surface area contributed by atoms with Crippen LogP contribution < -0.4 is 5.32 Å². The lowest BCUT2D eigenvalue weighted by atomic mass is 10.2. The van der Waals surface area contributed by atoms with Crippen molar-refractivity contribution in [3.8, 4) is 0 Å². The molecule has 0 spiro atoms. The van der Waals surface area contributed by atoms with Crippen molar-refractivity contribution < 1.29 is 4.74 Å². The van der Waals surface area contributed by atoms with Crippen LogP contribution in [0.25, 0.3) is 0 Å². The zero-order chi connectivity index (χ0) is 11.3. The Hall–Kier alpha value is -0.450. The number of aromatic nitrogens is 1. The van der Waals surface area contributed by atoms with Gasteiger partial charge < -0.3 is 10.1 Å². The van der Waals surface area contributed by atoms with Crippen LogP contribution >= 0.6 is 11.3 Å². The van der Waals surface area contributed by atoms with E-state index in [0.29, 0.717) is 12.0 Å². The number of nitrogens with one attached hydrogen (secondary N) is 1. The van der Waals surface area contributed by atoms with Gasteiger partial charge in [0.15, 0.2) is 0 Å². The molecular formula is C11H20N2OS. The van der Waals surface area contributed by atoms with Crippen molar-refractivity contribution in [3.63, 3.8) is 0 Å². The monoisotopic (exact) mass is 228 g/mol. The summed E-state index contributed by atoms with van der Waals surface area (Å²) in [5.41, 5.74) is 1.11. The van der Waals surface area contributed by atoms with Crippen LogP contribution in [0.3, 0.4) is 0 Å². The molecule has 4 heteroatoms. The van der Waals surface area contributed by atoms with Crippen LogP contribution in [0, 0.1) is 12.8 Å². The molecular weight excluding hydrogens is 208 g/mol. The highest BCUT2D eigenvalue weighted by Gasteiger charge is 2.10. The van der Waals surface area contributed by atoms with Crippen LogP contribution in [0.2, 0.25) is 0 Å². The highest BCUT2D eigenvalue weighted by Crippen LogP contribution is 2.17. The number of methoxy groups -OCH3 is 1. The predicted octanol–water partition coefficient (Wildman–Crippen LogP) is 2.38. The highest BCUT2D eigenvalue weighted by atomic mass is 32.1. The van der Waals surface area contributed by atoms with Crippen LogP contribution in [0.5, 0.6) is 0 Å². The van der Waals surface area contributed by atoms with Crippen molar-refractivity contribution >= 4 is 11.3 Å². The van der Waals surface area contributed by atoms with Crippen molar-refractivity contribution in [2.24, 2.45) is 5.92 Å². The molecule has 15 heavy (non-hydrogen) atoms. The number of hydrogen-bond acceptors (Lipinski definition) is 4. The molecule has 3 nitrogen and oxygen atoms in total. The summed E-state index contributed by atoms with van der Waals surface area (Å²) in [4.78, 5) is 4.46. The lowest BCUT2D eigenvalue weighted by molar-refractivity contribution is 0.157. The Labute approximate surface area is 95.9 Å². The van der Waals surface area contributed by atoms with Gasteiger partial charge in [-0.15, -0.1) is 11.3 Å². The van der Waals surface area contributed by atoms with E-state index in [9.17, 15) is 0 Å². The first-order valence-corrected chi connectivity index (χ1v) is 6.15. The molecule has 0 aliphatic carbocycles. The minimum Gasteiger partial charge on any atom is -0.384 e. The Bertz CT molecular complexity index is 288. The van der Waals surface area contributed by atoms with E-state index >= 15 is 0 Å². The van der Waals surface area contributed by atoms with Gasteiger partial charge in [-0.2, -0.15) is 0 Å². The maximum Gasteiger partial charge on any atom is 0.110 e. The lowest BCUT2D eigenvalue weighted by Gasteiger charge is -2.15. The molecule has 0 bridgehead atoms. The molecule has 0 aliphatic rings. The van der Waals surface area contributed by atoms with E-state index in [2.05, 4.69) is 29.5 Å². The molecule has 2 unspecified atom stereocenters. The largest absolute Gasteiger partial charge is 0.384 e. The number of ether oxygens (including phenoxy) is 1. The van der Waals surface area contributed by atoms with Gasteiger partial charge in [-0.3, -0.25) is 0 Å². The summed E-state index contributed by atoms with van der Waals surface area (Å²) < 4.78 is 5.09. The van der Waals surface area contributed by atoms with E-state index in [-0.39, 0.29) is 0 Å². The fourth-order valence-electron chi connectivity index (χ4n) is 1.38. The fraction of sp³-hybridized carbons (Fsp3) is 0.727. The Morgan fingerprint density at radius 1 is 1.53 bits per heavy atom. The highest BCUT2D eigenvalue weighted by molar-refractivity contribution is 7.09. The fourth-order valence-corrected chi connectivity index (χ4v) is 2.21. The topological polar surface area (TPSA) is 34.1 Å². The molecule has 0 radical (unpaired) electrons. The molecule has 0 aliphatic heterocycles. The molecule has 1 aromatic heterocycles. The maximum atomic E-state index is 5.09. The summed E-state index contributed by atoms with van der Waals surface area (Å²) in [6, 6.07) is 0.336. The van der Waals surface area contributed by atoms with Crippen molar-refractivity contribution in [2.45, 2.75) is 26.8 Å². The lowest BCUT2D eigenvalue weighted by Crippen LogP contribution is -2.26. The molecule has 0 saturated carbocycles. The Morgan fingerprint density at radius 3 is 2.80 bits per heavy atom. The number of nitrogens with zero attached hydrogens (tertiary/aromatic N) is 1. The number of hydrogen-bond donors (Lipinski definition) is 1. The van der Waals surface area contributed by atoms with Gasteiger partial charge in [-0.05, 0) is 19.8 Å². The second kappa shape index (κ2) is 6.20. The number of rotatable bonds is 6. The van der Waals surface area contributed by atoms with Gasteiger partial charge in [0.1, 0.15) is 5.01 Å². The predicted molar refractivity (Wildman–Crippen MR) is 64.3 cm³/mol. The second-order valence-corrected chi connectivity index (χ2v) is 4.91. The third kappa shape index (κ3) is 4.28. The van der Waals surface area contributed by atoms with Crippen molar-refractivity contribution in [2.75, 3.05) is 20.3 Å². The van der Waals surface area contributed by atoms with E-state index in [1.807, 2.05) is 6.92 Å². The van der Waals surface area contributed by atoms with E-state index < -0.39 is 0 Å². The summed E-state index contributed by atoms with van der Waals surface area (Å²) in [7, 11) is 1.74. The van der Waals surface area contributed by atoms with Gasteiger partial charge in [0.25, 0.3) is 0 Å². The van der Waals surface area contributed by atoms with Gasteiger partial charge in [0.2, 0.25) is 0 Å². The summed E-state index contributed by atoms with van der Waals surface area (Å²) >= 11 is 1.72. The minimum atomic E-state index is 0.336. The van der Waals surface area contributed by atoms with Gasteiger partial charge in [-0.1, -0.05) is 6.92 Å². The molecule has 0 fully saturated rings.